The molecule has 4 heteroatoms. The van der Waals surface area contributed by atoms with Gasteiger partial charge in [0.25, 0.3) is 5.91 Å². The number of amides is 1. The molecule has 0 atom stereocenters. The summed E-state index contributed by atoms with van der Waals surface area (Å²) in [6.07, 6.45) is 4.36. The third-order valence-corrected chi connectivity index (χ3v) is 3.01. The fourth-order valence-corrected chi connectivity index (χ4v) is 1.89. The van der Waals surface area contributed by atoms with Gasteiger partial charge in [-0.1, -0.05) is 25.1 Å². The Morgan fingerprint density at radius 2 is 2.00 bits per heavy atom. The molecule has 2 aromatic rings. The van der Waals surface area contributed by atoms with E-state index in [1.54, 1.807) is 24.3 Å². The number of rotatable bonds is 5. The highest BCUT2D eigenvalue weighted by molar-refractivity contribution is 6.05. The van der Waals surface area contributed by atoms with Gasteiger partial charge in [-0.3, -0.25) is 9.78 Å². The van der Waals surface area contributed by atoms with Gasteiger partial charge in [0.15, 0.2) is 0 Å². The van der Waals surface area contributed by atoms with E-state index in [2.05, 4.69) is 17.2 Å². The predicted octanol–water partition coefficient (Wildman–Crippen LogP) is 3.18. The molecule has 0 radical (unpaired) electrons. The maximum absolute atomic E-state index is 12.4. The van der Waals surface area contributed by atoms with Crippen LogP contribution in [-0.4, -0.2) is 24.5 Å². The standard InChI is InChI=1S/C16H19N3O/c1-3-9-18-14-10-13(11-17-12-14)16(20)19(2)15-7-5-4-6-8-15/h4-8,10-12,18H,3,9H2,1-2H3. The molecule has 1 aromatic heterocycles. The fraction of sp³-hybridized carbons (Fsp3) is 0.250. The van der Waals surface area contributed by atoms with Crippen LogP contribution in [0.2, 0.25) is 0 Å². The van der Waals surface area contributed by atoms with Gasteiger partial charge in [-0.2, -0.15) is 0 Å². The largest absolute Gasteiger partial charge is 0.384 e. The summed E-state index contributed by atoms with van der Waals surface area (Å²) < 4.78 is 0. The quantitative estimate of drug-likeness (QED) is 0.906. The SMILES string of the molecule is CCCNc1cncc(C(=O)N(C)c2ccccc2)c1. The Hall–Kier alpha value is -2.36. The minimum atomic E-state index is -0.0659. The molecule has 0 saturated heterocycles. The zero-order valence-corrected chi connectivity index (χ0v) is 11.8. The van der Waals surface area contributed by atoms with Crippen molar-refractivity contribution in [3.63, 3.8) is 0 Å². The first kappa shape index (κ1) is 14.1. The second kappa shape index (κ2) is 6.70. The molecule has 2 rings (SSSR count). The first-order valence-electron chi connectivity index (χ1n) is 6.74. The lowest BCUT2D eigenvalue weighted by molar-refractivity contribution is 0.0992. The van der Waals surface area contributed by atoms with E-state index in [0.29, 0.717) is 5.56 Å². The van der Waals surface area contributed by atoms with E-state index in [4.69, 9.17) is 0 Å². The number of para-hydroxylation sites is 1. The monoisotopic (exact) mass is 269 g/mol. The van der Waals surface area contributed by atoms with Gasteiger partial charge in [0.05, 0.1) is 11.3 Å². The Morgan fingerprint density at radius 1 is 1.25 bits per heavy atom. The molecule has 0 saturated carbocycles. The summed E-state index contributed by atoms with van der Waals surface area (Å²) in [5, 5.41) is 3.24. The number of anilines is 2. The number of carbonyl (C=O) groups is 1. The lowest BCUT2D eigenvalue weighted by Crippen LogP contribution is -2.26. The van der Waals surface area contributed by atoms with Crippen LogP contribution in [0.3, 0.4) is 0 Å². The van der Waals surface area contributed by atoms with Crippen LogP contribution in [0.1, 0.15) is 23.7 Å². The van der Waals surface area contributed by atoms with Gasteiger partial charge >= 0.3 is 0 Å². The van der Waals surface area contributed by atoms with Gasteiger partial charge in [-0.15, -0.1) is 0 Å². The Kier molecular flexibility index (Phi) is 4.71. The number of carbonyl (C=O) groups excluding carboxylic acids is 1. The average molecular weight is 269 g/mol. The summed E-state index contributed by atoms with van der Waals surface area (Å²) in [6.45, 7) is 2.96. The van der Waals surface area contributed by atoms with Crippen LogP contribution in [0.5, 0.6) is 0 Å². The maximum Gasteiger partial charge on any atom is 0.259 e. The smallest absolute Gasteiger partial charge is 0.259 e. The Morgan fingerprint density at radius 3 is 2.70 bits per heavy atom. The fourth-order valence-electron chi connectivity index (χ4n) is 1.89. The molecule has 1 N–H and O–H groups in total. The minimum Gasteiger partial charge on any atom is -0.384 e. The lowest BCUT2D eigenvalue weighted by Gasteiger charge is -2.17. The molecular weight excluding hydrogens is 250 g/mol. The molecule has 1 heterocycles. The molecule has 4 nitrogen and oxygen atoms in total. The van der Waals surface area contributed by atoms with Gasteiger partial charge in [0, 0.05) is 31.7 Å². The Bertz CT molecular complexity index is 569. The summed E-state index contributed by atoms with van der Waals surface area (Å²) in [5.74, 6) is -0.0659. The number of hydrogen-bond acceptors (Lipinski definition) is 3. The molecule has 0 spiro atoms. The van der Waals surface area contributed by atoms with Crippen LogP contribution in [-0.2, 0) is 0 Å². The number of nitrogens with zero attached hydrogens (tertiary/aromatic N) is 2. The molecule has 104 valence electrons. The van der Waals surface area contributed by atoms with Gasteiger partial charge in [-0.05, 0) is 24.6 Å². The van der Waals surface area contributed by atoms with E-state index < -0.39 is 0 Å². The highest BCUT2D eigenvalue weighted by atomic mass is 16.2. The summed E-state index contributed by atoms with van der Waals surface area (Å²) in [6, 6.07) is 11.4. The van der Waals surface area contributed by atoms with Crippen molar-refractivity contribution >= 4 is 17.3 Å². The van der Waals surface area contributed by atoms with Crippen LogP contribution in [0, 0.1) is 0 Å². The van der Waals surface area contributed by atoms with E-state index in [0.717, 1.165) is 24.3 Å². The average Bonchev–Trinajstić information content (AvgIpc) is 2.52. The van der Waals surface area contributed by atoms with Crippen molar-refractivity contribution in [2.24, 2.45) is 0 Å². The number of nitrogens with one attached hydrogen (secondary N) is 1. The molecule has 0 aliphatic rings. The predicted molar refractivity (Wildman–Crippen MR) is 82.2 cm³/mol. The van der Waals surface area contributed by atoms with Crippen molar-refractivity contribution in [3.8, 4) is 0 Å². The first-order chi connectivity index (χ1) is 9.72. The van der Waals surface area contributed by atoms with E-state index in [1.807, 2.05) is 36.4 Å². The minimum absolute atomic E-state index is 0.0659. The van der Waals surface area contributed by atoms with E-state index in [1.165, 1.54) is 0 Å². The third kappa shape index (κ3) is 3.35. The van der Waals surface area contributed by atoms with Gasteiger partial charge in [0.1, 0.15) is 0 Å². The van der Waals surface area contributed by atoms with Crippen molar-refractivity contribution in [3.05, 3.63) is 54.4 Å². The molecule has 1 amide bonds. The molecule has 20 heavy (non-hydrogen) atoms. The molecule has 1 aromatic carbocycles. The summed E-state index contributed by atoms with van der Waals surface area (Å²) >= 11 is 0. The summed E-state index contributed by atoms with van der Waals surface area (Å²) in [5.41, 5.74) is 2.32. The van der Waals surface area contributed by atoms with E-state index in [-0.39, 0.29) is 5.91 Å². The maximum atomic E-state index is 12.4. The van der Waals surface area contributed by atoms with E-state index in [9.17, 15) is 4.79 Å². The molecule has 0 bridgehead atoms. The van der Waals surface area contributed by atoms with E-state index >= 15 is 0 Å². The zero-order chi connectivity index (χ0) is 14.4. The zero-order valence-electron chi connectivity index (χ0n) is 11.8. The highest BCUT2D eigenvalue weighted by Crippen LogP contribution is 2.16. The summed E-state index contributed by atoms with van der Waals surface area (Å²) in [7, 11) is 1.77. The van der Waals surface area contributed by atoms with Crippen molar-refractivity contribution in [1.29, 1.82) is 0 Å². The summed E-state index contributed by atoms with van der Waals surface area (Å²) in [4.78, 5) is 18.2. The molecule has 0 aliphatic heterocycles. The van der Waals surface area contributed by atoms with Crippen molar-refractivity contribution in [2.45, 2.75) is 13.3 Å². The molecular formula is C16H19N3O. The lowest BCUT2D eigenvalue weighted by atomic mass is 10.2. The van der Waals surface area contributed by atoms with Crippen molar-refractivity contribution in [1.82, 2.24) is 4.98 Å². The first-order valence-corrected chi connectivity index (χ1v) is 6.74. The van der Waals surface area contributed by atoms with Crippen LogP contribution in [0.25, 0.3) is 0 Å². The number of aromatic nitrogens is 1. The van der Waals surface area contributed by atoms with Crippen LogP contribution >= 0.6 is 0 Å². The molecule has 0 aliphatic carbocycles. The van der Waals surface area contributed by atoms with Gasteiger partial charge < -0.3 is 10.2 Å². The topological polar surface area (TPSA) is 45.2 Å². The molecule has 0 fully saturated rings. The van der Waals surface area contributed by atoms with Gasteiger partial charge in [-0.25, -0.2) is 0 Å². The Labute approximate surface area is 119 Å². The third-order valence-electron chi connectivity index (χ3n) is 3.01. The van der Waals surface area contributed by atoms with Gasteiger partial charge in [0.2, 0.25) is 0 Å². The number of pyridine rings is 1. The highest BCUT2D eigenvalue weighted by Gasteiger charge is 2.13. The van der Waals surface area contributed by atoms with Crippen molar-refractivity contribution in [2.75, 3.05) is 23.8 Å². The second-order valence-corrected chi connectivity index (χ2v) is 4.59. The normalized spacial score (nSPS) is 10.1. The van der Waals surface area contributed by atoms with Crippen LogP contribution in [0.15, 0.2) is 48.8 Å². The van der Waals surface area contributed by atoms with Crippen LogP contribution in [0.4, 0.5) is 11.4 Å². The van der Waals surface area contributed by atoms with Crippen molar-refractivity contribution < 1.29 is 4.79 Å². The number of hydrogen-bond donors (Lipinski definition) is 1. The second-order valence-electron chi connectivity index (χ2n) is 4.59. The number of benzene rings is 1. The molecule has 0 unspecified atom stereocenters. The Balaban J connectivity index is 2.16. The van der Waals surface area contributed by atoms with Crippen LogP contribution < -0.4 is 10.2 Å².